The Kier molecular flexibility index (Phi) is 9.12. The lowest BCUT2D eigenvalue weighted by Crippen LogP contribution is -2.13. The molecule has 1 aromatic carbocycles. The maximum Gasteiger partial charge on any atom is 0.224 e. The fourth-order valence-electron chi connectivity index (χ4n) is 2.27. The minimum absolute atomic E-state index is 0.130. The van der Waals surface area contributed by atoms with E-state index in [2.05, 4.69) is 12.2 Å². The van der Waals surface area contributed by atoms with E-state index < -0.39 is 5.82 Å². The summed E-state index contributed by atoms with van der Waals surface area (Å²) in [4.78, 5) is 23.4. The lowest BCUT2D eigenvalue weighted by molar-refractivity contribution is -0.123. The zero-order valence-electron chi connectivity index (χ0n) is 13.4. The van der Waals surface area contributed by atoms with E-state index >= 15 is 0 Å². The molecule has 3 nitrogen and oxygen atoms in total. The van der Waals surface area contributed by atoms with Crippen LogP contribution in [0.1, 0.15) is 64.7 Å². The molecule has 1 amide bonds. The number of anilines is 1. The van der Waals surface area contributed by atoms with Crippen LogP contribution in [-0.4, -0.2) is 11.7 Å². The molecule has 0 aliphatic heterocycles. The van der Waals surface area contributed by atoms with Crippen molar-refractivity contribution in [3.63, 3.8) is 0 Å². The highest BCUT2D eigenvalue weighted by atomic mass is 19.1. The van der Waals surface area contributed by atoms with Crippen molar-refractivity contribution in [2.75, 3.05) is 5.32 Å². The van der Waals surface area contributed by atoms with E-state index in [9.17, 15) is 14.0 Å². The number of amides is 1. The molecular weight excluding hydrogens is 281 g/mol. The maximum atomic E-state index is 13.0. The molecule has 0 saturated carbocycles. The number of carbonyl (C=O) groups excluding carboxylic acids is 2. The highest BCUT2D eigenvalue weighted by molar-refractivity contribution is 5.93. The van der Waals surface area contributed by atoms with Gasteiger partial charge in [0.05, 0.1) is 0 Å². The molecule has 0 aliphatic carbocycles. The third-order valence-corrected chi connectivity index (χ3v) is 3.55. The van der Waals surface area contributed by atoms with E-state index in [0.717, 1.165) is 12.8 Å². The van der Waals surface area contributed by atoms with Crippen molar-refractivity contribution in [3.05, 3.63) is 30.1 Å². The third-order valence-electron chi connectivity index (χ3n) is 3.55. The fourth-order valence-corrected chi connectivity index (χ4v) is 2.27. The van der Waals surface area contributed by atoms with Crippen LogP contribution in [0.25, 0.3) is 0 Å². The Morgan fingerprint density at radius 2 is 1.73 bits per heavy atom. The number of carbonyl (C=O) groups is 2. The smallest absolute Gasteiger partial charge is 0.224 e. The normalized spacial score (nSPS) is 10.5. The van der Waals surface area contributed by atoms with Gasteiger partial charge in [0.25, 0.3) is 0 Å². The van der Waals surface area contributed by atoms with Gasteiger partial charge in [-0.1, -0.05) is 45.1 Å². The molecule has 0 bridgehead atoms. The average molecular weight is 307 g/mol. The summed E-state index contributed by atoms with van der Waals surface area (Å²) in [6, 6.07) is 5.74. The van der Waals surface area contributed by atoms with Gasteiger partial charge in [-0.25, -0.2) is 4.39 Å². The summed E-state index contributed by atoms with van der Waals surface area (Å²) >= 11 is 0. The predicted octanol–water partition coefficient (Wildman–Crippen LogP) is 4.86. The number of halogens is 1. The lowest BCUT2D eigenvalue weighted by atomic mass is 10.1. The Hall–Kier alpha value is -1.71. The Labute approximate surface area is 132 Å². The molecule has 4 heteroatoms. The predicted molar refractivity (Wildman–Crippen MR) is 87.3 cm³/mol. The highest BCUT2D eigenvalue weighted by Crippen LogP contribution is 2.11. The van der Waals surface area contributed by atoms with Crippen LogP contribution in [0.3, 0.4) is 0 Å². The van der Waals surface area contributed by atoms with Gasteiger partial charge in [0.2, 0.25) is 5.91 Å². The van der Waals surface area contributed by atoms with Crippen LogP contribution < -0.4 is 5.32 Å². The molecule has 0 heterocycles. The lowest BCUT2D eigenvalue weighted by Gasteiger charge is -2.05. The van der Waals surface area contributed by atoms with Crippen LogP contribution in [0.15, 0.2) is 24.3 Å². The largest absolute Gasteiger partial charge is 0.326 e. The van der Waals surface area contributed by atoms with Gasteiger partial charge in [-0.05, 0) is 24.6 Å². The van der Waals surface area contributed by atoms with Crippen LogP contribution in [0.2, 0.25) is 0 Å². The van der Waals surface area contributed by atoms with Crippen molar-refractivity contribution < 1.29 is 14.0 Å². The maximum absolute atomic E-state index is 13.0. The molecule has 0 fully saturated rings. The summed E-state index contributed by atoms with van der Waals surface area (Å²) in [5, 5.41) is 2.60. The number of rotatable bonds is 11. The number of ketones is 1. The van der Waals surface area contributed by atoms with Gasteiger partial charge in [-0.2, -0.15) is 0 Å². The van der Waals surface area contributed by atoms with Crippen LogP contribution in [-0.2, 0) is 9.59 Å². The van der Waals surface area contributed by atoms with Crippen molar-refractivity contribution in [2.45, 2.75) is 64.7 Å². The molecular formula is C18H26FNO2. The molecule has 1 rings (SSSR count). The molecule has 0 aromatic heterocycles. The second kappa shape index (κ2) is 10.9. The minimum Gasteiger partial charge on any atom is -0.326 e. The third kappa shape index (κ3) is 8.55. The zero-order chi connectivity index (χ0) is 16.2. The molecule has 0 spiro atoms. The van der Waals surface area contributed by atoms with Crippen molar-refractivity contribution in [2.24, 2.45) is 0 Å². The van der Waals surface area contributed by atoms with E-state index in [4.69, 9.17) is 0 Å². The van der Waals surface area contributed by atoms with E-state index in [1.54, 1.807) is 6.07 Å². The average Bonchev–Trinajstić information content (AvgIpc) is 2.49. The van der Waals surface area contributed by atoms with E-state index in [1.807, 2.05) is 0 Å². The standard InChI is InChI=1S/C18H26FNO2/c1-2-3-4-5-6-7-11-17(21)12-13-18(22)20-16-10-8-9-15(19)14-16/h8-10,14H,2-7,11-13H2,1H3,(H,20,22). The Morgan fingerprint density at radius 1 is 1.00 bits per heavy atom. The summed E-state index contributed by atoms with van der Waals surface area (Å²) in [5.41, 5.74) is 0.424. The van der Waals surface area contributed by atoms with Gasteiger partial charge in [0.15, 0.2) is 0 Å². The van der Waals surface area contributed by atoms with Crippen molar-refractivity contribution in [1.82, 2.24) is 0 Å². The fraction of sp³-hybridized carbons (Fsp3) is 0.556. The van der Waals surface area contributed by atoms with Gasteiger partial charge in [0, 0.05) is 24.9 Å². The molecule has 0 saturated heterocycles. The molecule has 0 radical (unpaired) electrons. The summed E-state index contributed by atoms with van der Waals surface area (Å²) in [5.74, 6) is -0.510. The van der Waals surface area contributed by atoms with Gasteiger partial charge >= 0.3 is 0 Å². The molecule has 122 valence electrons. The first-order chi connectivity index (χ1) is 10.6. The quantitative estimate of drug-likeness (QED) is 0.593. The second-order valence-corrected chi connectivity index (χ2v) is 5.61. The van der Waals surface area contributed by atoms with Gasteiger partial charge < -0.3 is 5.32 Å². The van der Waals surface area contributed by atoms with E-state index in [-0.39, 0.29) is 24.5 Å². The molecule has 1 aromatic rings. The Morgan fingerprint density at radius 3 is 2.45 bits per heavy atom. The number of benzene rings is 1. The van der Waals surface area contributed by atoms with Crippen LogP contribution in [0.4, 0.5) is 10.1 Å². The van der Waals surface area contributed by atoms with Crippen molar-refractivity contribution in [3.8, 4) is 0 Å². The topological polar surface area (TPSA) is 46.2 Å². The van der Waals surface area contributed by atoms with Crippen LogP contribution in [0, 0.1) is 5.82 Å². The first kappa shape index (κ1) is 18.3. The van der Waals surface area contributed by atoms with Gasteiger partial charge in [-0.3, -0.25) is 9.59 Å². The van der Waals surface area contributed by atoms with E-state index in [1.165, 1.54) is 43.9 Å². The van der Waals surface area contributed by atoms with Crippen molar-refractivity contribution >= 4 is 17.4 Å². The number of nitrogens with one attached hydrogen (secondary N) is 1. The summed E-state index contributed by atoms with van der Waals surface area (Å²) < 4.78 is 13.0. The first-order valence-corrected chi connectivity index (χ1v) is 8.19. The van der Waals surface area contributed by atoms with Gasteiger partial charge in [0.1, 0.15) is 11.6 Å². The monoisotopic (exact) mass is 307 g/mol. The minimum atomic E-state index is -0.392. The van der Waals surface area contributed by atoms with Crippen molar-refractivity contribution in [1.29, 1.82) is 0 Å². The molecule has 1 N–H and O–H groups in total. The van der Waals surface area contributed by atoms with Crippen LogP contribution in [0.5, 0.6) is 0 Å². The van der Waals surface area contributed by atoms with E-state index in [0.29, 0.717) is 12.1 Å². The molecule has 22 heavy (non-hydrogen) atoms. The van der Waals surface area contributed by atoms with Crippen LogP contribution >= 0.6 is 0 Å². The SMILES string of the molecule is CCCCCCCCC(=O)CCC(=O)Nc1cccc(F)c1. The first-order valence-electron chi connectivity index (χ1n) is 8.19. The summed E-state index contributed by atoms with van der Waals surface area (Å²) in [7, 11) is 0. The Bertz CT molecular complexity index is 474. The number of unbranched alkanes of at least 4 members (excludes halogenated alkanes) is 5. The Balaban J connectivity index is 2.11. The number of Topliss-reactive ketones (excluding diaryl/α,β-unsaturated/α-hetero) is 1. The number of hydrogen-bond acceptors (Lipinski definition) is 2. The van der Waals surface area contributed by atoms with Gasteiger partial charge in [-0.15, -0.1) is 0 Å². The number of hydrogen-bond donors (Lipinski definition) is 1. The molecule has 0 aliphatic rings. The summed E-state index contributed by atoms with van der Waals surface area (Å²) in [6.45, 7) is 2.18. The second-order valence-electron chi connectivity index (χ2n) is 5.61. The molecule has 0 unspecified atom stereocenters. The zero-order valence-corrected chi connectivity index (χ0v) is 13.4. The highest BCUT2D eigenvalue weighted by Gasteiger charge is 2.07. The molecule has 0 atom stereocenters. The summed E-state index contributed by atoms with van der Waals surface area (Å²) in [6.07, 6.45) is 7.87.